The van der Waals surface area contributed by atoms with Crippen molar-refractivity contribution in [3.63, 3.8) is 0 Å². The van der Waals surface area contributed by atoms with Gasteiger partial charge in [-0.3, -0.25) is 4.79 Å². The molecule has 1 aromatic heterocycles. The largest absolute Gasteiger partial charge is 0.454 e. The third kappa shape index (κ3) is 3.89. The Morgan fingerprint density at radius 2 is 1.93 bits per heavy atom. The van der Waals surface area contributed by atoms with Gasteiger partial charge in [-0.05, 0) is 39.0 Å². The van der Waals surface area contributed by atoms with Crippen LogP contribution in [0.25, 0.3) is 11.5 Å². The van der Waals surface area contributed by atoms with E-state index in [9.17, 15) is 4.79 Å². The molecule has 2 aromatic rings. The summed E-state index contributed by atoms with van der Waals surface area (Å²) in [6.45, 7) is 7.21. The van der Waals surface area contributed by atoms with Crippen molar-refractivity contribution >= 4 is 17.7 Å². The number of benzene rings is 1. The quantitative estimate of drug-likeness (QED) is 0.735. The SMILES string of the molecule is CC1CN(C(=O)C(C)Sc2nnc(-c3ccc4c(c3)OCO4)o2)CC(C)O1. The summed E-state index contributed by atoms with van der Waals surface area (Å²) in [5, 5.41) is 8.18. The van der Waals surface area contributed by atoms with Crippen LogP contribution in [0.3, 0.4) is 0 Å². The first-order chi connectivity index (χ1) is 13.0. The number of thioether (sulfide) groups is 1. The van der Waals surface area contributed by atoms with E-state index in [2.05, 4.69) is 10.2 Å². The van der Waals surface area contributed by atoms with Gasteiger partial charge in [0.1, 0.15) is 0 Å². The van der Waals surface area contributed by atoms with Crippen LogP contribution in [-0.4, -0.2) is 58.3 Å². The van der Waals surface area contributed by atoms with Crippen molar-refractivity contribution in [1.82, 2.24) is 15.1 Å². The smallest absolute Gasteiger partial charge is 0.277 e. The van der Waals surface area contributed by atoms with Crippen LogP contribution in [0.4, 0.5) is 0 Å². The molecule has 0 aliphatic carbocycles. The van der Waals surface area contributed by atoms with E-state index in [0.717, 1.165) is 5.56 Å². The van der Waals surface area contributed by atoms with Gasteiger partial charge in [0.2, 0.25) is 18.6 Å². The predicted octanol–water partition coefficient (Wildman–Crippen LogP) is 2.58. The van der Waals surface area contributed by atoms with Gasteiger partial charge in [0.25, 0.3) is 5.22 Å². The summed E-state index contributed by atoms with van der Waals surface area (Å²) in [7, 11) is 0. The van der Waals surface area contributed by atoms with Crippen LogP contribution < -0.4 is 9.47 Å². The topological polar surface area (TPSA) is 86.9 Å². The maximum absolute atomic E-state index is 12.7. The highest BCUT2D eigenvalue weighted by molar-refractivity contribution is 8.00. The molecule has 3 unspecified atom stereocenters. The van der Waals surface area contributed by atoms with Crippen molar-refractivity contribution in [1.29, 1.82) is 0 Å². The van der Waals surface area contributed by atoms with Crippen LogP contribution in [0, 0.1) is 0 Å². The second-order valence-corrected chi connectivity index (χ2v) is 7.99. The van der Waals surface area contributed by atoms with E-state index in [0.29, 0.717) is 35.7 Å². The Morgan fingerprint density at radius 3 is 2.70 bits per heavy atom. The molecule has 9 heteroatoms. The Labute approximate surface area is 161 Å². The highest BCUT2D eigenvalue weighted by atomic mass is 32.2. The molecule has 1 saturated heterocycles. The predicted molar refractivity (Wildman–Crippen MR) is 97.8 cm³/mol. The van der Waals surface area contributed by atoms with Crippen molar-refractivity contribution in [2.24, 2.45) is 0 Å². The van der Waals surface area contributed by atoms with Crippen molar-refractivity contribution in [2.75, 3.05) is 19.9 Å². The number of carbonyl (C=O) groups is 1. The highest BCUT2D eigenvalue weighted by Gasteiger charge is 2.30. The van der Waals surface area contributed by atoms with E-state index >= 15 is 0 Å². The summed E-state index contributed by atoms with van der Waals surface area (Å²) in [5.74, 6) is 1.77. The lowest BCUT2D eigenvalue weighted by Crippen LogP contribution is -2.50. The van der Waals surface area contributed by atoms with Crippen LogP contribution in [0.5, 0.6) is 11.5 Å². The normalized spacial score (nSPS) is 22.7. The van der Waals surface area contributed by atoms with Crippen molar-refractivity contribution in [3.05, 3.63) is 18.2 Å². The molecule has 144 valence electrons. The second kappa shape index (κ2) is 7.40. The highest BCUT2D eigenvalue weighted by Crippen LogP contribution is 2.36. The van der Waals surface area contributed by atoms with Crippen LogP contribution in [0.15, 0.2) is 27.8 Å². The average molecular weight is 391 g/mol. The number of fused-ring (bicyclic) bond motifs is 1. The van der Waals surface area contributed by atoms with Gasteiger partial charge < -0.3 is 23.5 Å². The molecule has 3 atom stereocenters. The van der Waals surface area contributed by atoms with Crippen molar-refractivity contribution in [3.8, 4) is 23.0 Å². The summed E-state index contributed by atoms with van der Waals surface area (Å²) < 4.78 is 22.1. The van der Waals surface area contributed by atoms with Gasteiger partial charge in [-0.15, -0.1) is 10.2 Å². The molecule has 2 aliphatic heterocycles. The molecule has 1 aromatic carbocycles. The number of morpholine rings is 1. The first-order valence-electron chi connectivity index (χ1n) is 8.84. The zero-order chi connectivity index (χ0) is 19.0. The third-order valence-electron chi connectivity index (χ3n) is 4.38. The summed E-state index contributed by atoms with van der Waals surface area (Å²) in [6.07, 6.45) is 0.0758. The van der Waals surface area contributed by atoms with E-state index in [-0.39, 0.29) is 30.2 Å². The van der Waals surface area contributed by atoms with Gasteiger partial charge in [0.15, 0.2) is 11.5 Å². The number of hydrogen-bond donors (Lipinski definition) is 0. The third-order valence-corrected chi connectivity index (χ3v) is 5.30. The Hall–Kier alpha value is -2.26. The lowest BCUT2D eigenvalue weighted by atomic mass is 10.2. The number of amides is 1. The Balaban J connectivity index is 1.42. The minimum atomic E-state index is -0.326. The molecule has 27 heavy (non-hydrogen) atoms. The number of aromatic nitrogens is 2. The van der Waals surface area contributed by atoms with E-state index < -0.39 is 0 Å². The fraction of sp³-hybridized carbons (Fsp3) is 0.500. The summed E-state index contributed by atoms with van der Waals surface area (Å²) in [5.41, 5.74) is 0.744. The molecular formula is C18H21N3O5S. The van der Waals surface area contributed by atoms with Gasteiger partial charge >= 0.3 is 0 Å². The molecule has 0 spiro atoms. The van der Waals surface area contributed by atoms with Crippen LogP contribution in [0.1, 0.15) is 20.8 Å². The average Bonchev–Trinajstić information content (AvgIpc) is 3.28. The molecular weight excluding hydrogens is 370 g/mol. The van der Waals surface area contributed by atoms with Gasteiger partial charge in [0, 0.05) is 18.7 Å². The molecule has 4 rings (SSSR count). The Bertz CT molecular complexity index is 832. The Morgan fingerprint density at radius 1 is 1.19 bits per heavy atom. The van der Waals surface area contributed by atoms with Gasteiger partial charge in [-0.25, -0.2) is 0 Å². The minimum Gasteiger partial charge on any atom is -0.454 e. The summed E-state index contributed by atoms with van der Waals surface area (Å²) >= 11 is 1.26. The molecule has 0 bridgehead atoms. The molecule has 3 heterocycles. The fourth-order valence-electron chi connectivity index (χ4n) is 3.22. The number of ether oxygens (including phenoxy) is 3. The van der Waals surface area contributed by atoms with Gasteiger partial charge in [-0.2, -0.15) is 0 Å². The number of hydrogen-bond acceptors (Lipinski definition) is 8. The van der Waals surface area contributed by atoms with E-state index in [1.807, 2.05) is 37.8 Å². The number of nitrogens with zero attached hydrogens (tertiary/aromatic N) is 3. The van der Waals surface area contributed by atoms with Crippen molar-refractivity contribution < 1.29 is 23.4 Å². The molecule has 1 amide bonds. The maximum Gasteiger partial charge on any atom is 0.277 e. The first-order valence-corrected chi connectivity index (χ1v) is 9.72. The zero-order valence-corrected chi connectivity index (χ0v) is 16.2. The van der Waals surface area contributed by atoms with Gasteiger partial charge in [0.05, 0.1) is 17.5 Å². The lowest BCUT2D eigenvalue weighted by molar-refractivity contribution is -0.142. The zero-order valence-electron chi connectivity index (χ0n) is 15.4. The molecule has 0 N–H and O–H groups in total. The lowest BCUT2D eigenvalue weighted by Gasteiger charge is -2.36. The molecule has 8 nitrogen and oxygen atoms in total. The number of carbonyl (C=O) groups excluding carboxylic acids is 1. The second-order valence-electron chi connectivity index (χ2n) is 6.70. The Kier molecular flexibility index (Phi) is 4.96. The molecule has 1 fully saturated rings. The van der Waals surface area contributed by atoms with Crippen LogP contribution in [0.2, 0.25) is 0 Å². The summed E-state index contributed by atoms with van der Waals surface area (Å²) in [6, 6.07) is 5.44. The van der Waals surface area contributed by atoms with Crippen LogP contribution in [-0.2, 0) is 9.53 Å². The molecule has 2 aliphatic rings. The van der Waals surface area contributed by atoms with Gasteiger partial charge in [-0.1, -0.05) is 11.8 Å². The first kappa shape index (κ1) is 18.1. The standard InChI is InChI=1S/C18H21N3O5S/c1-10-7-21(8-11(2)25-10)17(22)12(3)27-18-20-19-16(26-18)13-4-5-14-15(6-13)24-9-23-14/h4-6,10-12H,7-9H2,1-3H3. The minimum absolute atomic E-state index is 0.0379. The van der Waals surface area contributed by atoms with E-state index in [1.54, 1.807) is 6.07 Å². The van der Waals surface area contributed by atoms with Crippen molar-refractivity contribution in [2.45, 2.75) is 43.5 Å². The molecule has 0 saturated carbocycles. The monoisotopic (exact) mass is 391 g/mol. The number of rotatable bonds is 4. The van der Waals surface area contributed by atoms with E-state index in [4.69, 9.17) is 18.6 Å². The van der Waals surface area contributed by atoms with E-state index in [1.165, 1.54) is 11.8 Å². The fourth-order valence-corrected chi connectivity index (χ4v) is 3.99. The van der Waals surface area contributed by atoms with Crippen LogP contribution >= 0.6 is 11.8 Å². The summed E-state index contributed by atoms with van der Waals surface area (Å²) in [4.78, 5) is 14.6. The maximum atomic E-state index is 12.7. The molecule has 0 radical (unpaired) electrons.